The highest BCUT2D eigenvalue weighted by molar-refractivity contribution is 9.10. The van der Waals surface area contributed by atoms with Gasteiger partial charge in [0.2, 0.25) is 0 Å². The van der Waals surface area contributed by atoms with Crippen molar-refractivity contribution in [2.45, 2.75) is 24.7 Å². The quantitative estimate of drug-likeness (QED) is 0.661. The largest absolute Gasteiger partial charge is 0.487 e. The Morgan fingerprint density at radius 3 is 2.79 bits per heavy atom. The van der Waals surface area contributed by atoms with Gasteiger partial charge in [-0.3, -0.25) is 10.1 Å². The van der Waals surface area contributed by atoms with E-state index in [0.717, 1.165) is 6.42 Å². The van der Waals surface area contributed by atoms with Crippen LogP contribution in [0.1, 0.15) is 6.42 Å². The lowest BCUT2D eigenvalue weighted by Crippen LogP contribution is -2.60. The van der Waals surface area contributed by atoms with E-state index in [2.05, 4.69) is 21.2 Å². The van der Waals surface area contributed by atoms with Crippen LogP contribution in [0.4, 0.5) is 5.69 Å². The first-order valence-corrected chi connectivity index (χ1v) is 6.66. The second kappa shape index (κ2) is 5.85. The van der Waals surface area contributed by atoms with Crippen LogP contribution in [-0.4, -0.2) is 37.3 Å². The Bertz CT molecular complexity index is 483. The summed E-state index contributed by atoms with van der Waals surface area (Å²) in [6, 6.07) is 4.84. The van der Waals surface area contributed by atoms with Crippen LogP contribution in [0.2, 0.25) is 0 Å². The first-order valence-electron chi connectivity index (χ1n) is 5.87. The van der Waals surface area contributed by atoms with Crippen molar-refractivity contribution >= 4 is 21.6 Å². The van der Waals surface area contributed by atoms with Crippen molar-refractivity contribution in [3.8, 4) is 5.75 Å². The first-order chi connectivity index (χ1) is 9.05. The minimum absolute atomic E-state index is 0.00262. The molecule has 1 saturated carbocycles. The third kappa shape index (κ3) is 3.05. The predicted molar refractivity (Wildman–Crippen MR) is 73.5 cm³/mol. The van der Waals surface area contributed by atoms with Crippen LogP contribution >= 0.6 is 15.9 Å². The van der Waals surface area contributed by atoms with Gasteiger partial charge in [-0.25, -0.2) is 0 Å². The van der Waals surface area contributed by atoms with E-state index in [-0.39, 0.29) is 23.9 Å². The normalized spacial score (nSPS) is 25.7. The molecule has 1 aromatic carbocycles. The molecule has 7 heteroatoms. The van der Waals surface area contributed by atoms with Crippen molar-refractivity contribution in [3.63, 3.8) is 0 Å². The van der Waals surface area contributed by atoms with Crippen molar-refractivity contribution in [1.29, 1.82) is 0 Å². The molecule has 3 atom stereocenters. The van der Waals surface area contributed by atoms with Gasteiger partial charge in [-0.15, -0.1) is 0 Å². The van der Waals surface area contributed by atoms with Crippen molar-refractivity contribution in [1.82, 2.24) is 5.32 Å². The molecule has 104 valence electrons. The number of nitro benzene ring substituents is 1. The number of nitrogens with zero attached hydrogens (tertiary/aromatic N) is 1. The van der Waals surface area contributed by atoms with Gasteiger partial charge in [0, 0.05) is 30.1 Å². The standard InChI is InChI=1S/C12H15BrN2O4/c1-14-10-6-11(12(10)18-2)19-9-4-7(13)3-8(5-9)15(16)17/h3-5,10-12,14H,6H2,1-2H3. The summed E-state index contributed by atoms with van der Waals surface area (Å²) in [4.78, 5) is 10.3. The van der Waals surface area contributed by atoms with Gasteiger partial charge in [-0.05, 0) is 13.1 Å². The Balaban J connectivity index is 2.09. The third-order valence-corrected chi connectivity index (χ3v) is 3.70. The highest BCUT2D eigenvalue weighted by Gasteiger charge is 2.42. The summed E-state index contributed by atoms with van der Waals surface area (Å²) in [7, 11) is 3.50. The highest BCUT2D eigenvalue weighted by Crippen LogP contribution is 2.32. The Morgan fingerprint density at radius 1 is 1.47 bits per heavy atom. The molecule has 0 radical (unpaired) electrons. The number of rotatable bonds is 5. The lowest BCUT2D eigenvalue weighted by molar-refractivity contribution is -0.385. The molecular weight excluding hydrogens is 316 g/mol. The van der Waals surface area contributed by atoms with E-state index in [1.165, 1.54) is 12.1 Å². The summed E-state index contributed by atoms with van der Waals surface area (Å²) in [5, 5.41) is 13.9. The van der Waals surface area contributed by atoms with Crippen LogP contribution in [0, 0.1) is 10.1 Å². The summed E-state index contributed by atoms with van der Waals surface area (Å²) in [5.74, 6) is 0.475. The van der Waals surface area contributed by atoms with Gasteiger partial charge in [-0.1, -0.05) is 15.9 Å². The van der Waals surface area contributed by atoms with Gasteiger partial charge in [-0.2, -0.15) is 0 Å². The lowest BCUT2D eigenvalue weighted by atomic mass is 9.85. The van der Waals surface area contributed by atoms with E-state index in [4.69, 9.17) is 9.47 Å². The molecule has 1 N–H and O–H groups in total. The second-order valence-electron chi connectivity index (χ2n) is 4.39. The van der Waals surface area contributed by atoms with Gasteiger partial charge in [0.25, 0.3) is 5.69 Å². The van der Waals surface area contributed by atoms with E-state index in [1.54, 1.807) is 13.2 Å². The van der Waals surface area contributed by atoms with Gasteiger partial charge >= 0.3 is 0 Å². The lowest BCUT2D eigenvalue weighted by Gasteiger charge is -2.42. The van der Waals surface area contributed by atoms with Crippen molar-refractivity contribution < 1.29 is 14.4 Å². The zero-order chi connectivity index (χ0) is 14.0. The molecule has 0 amide bonds. The number of halogens is 1. The monoisotopic (exact) mass is 330 g/mol. The molecule has 2 rings (SSSR count). The number of hydrogen-bond donors (Lipinski definition) is 1. The van der Waals surface area contributed by atoms with E-state index in [1.807, 2.05) is 7.05 Å². The molecular formula is C12H15BrN2O4. The number of likely N-dealkylation sites (N-methyl/N-ethyl adjacent to an activating group) is 1. The second-order valence-corrected chi connectivity index (χ2v) is 5.31. The molecule has 0 aliphatic heterocycles. The van der Waals surface area contributed by atoms with Crippen molar-refractivity contribution in [2.24, 2.45) is 0 Å². The molecule has 19 heavy (non-hydrogen) atoms. The molecule has 1 fully saturated rings. The molecule has 0 spiro atoms. The Labute approximate surface area is 119 Å². The number of methoxy groups -OCH3 is 1. The molecule has 0 heterocycles. The molecule has 1 aromatic rings. The van der Waals surface area contributed by atoms with E-state index in [9.17, 15) is 10.1 Å². The number of hydrogen-bond acceptors (Lipinski definition) is 5. The minimum atomic E-state index is -0.442. The van der Waals surface area contributed by atoms with Crippen molar-refractivity contribution in [3.05, 3.63) is 32.8 Å². The molecule has 0 saturated heterocycles. The molecule has 0 bridgehead atoms. The maximum absolute atomic E-state index is 10.8. The topological polar surface area (TPSA) is 73.6 Å². The van der Waals surface area contributed by atoms with Gasteiger partial charge in [0.05, 0.1) is 11.0 Å². The molecule has 1 aliphatic rings. The fraction of sp³-hybridized carbons (Fsp3) is 0.500. The van der Waals surface area contributed by atoms with E-state index >= 15 is 0 Å². The average molecular weight is 331 g/mol. The Kier molecular flexibility index (Phi) is 4.38. The van der Waals surface area contributed by atoms with Gasteiger partial charge in [0.15, 0.2) is 0 Å². The summed E-state index contributed by atoms with van der Waals surface area (Å²) < 4.78 is 11.7. The zero-order valence-corrected chi connectivity index (χ0v) is 12.2. The summed E-state index contributed by atoms with van der Waals surface area (Å²) >= 11 is 3.24. The van der Waals surface area contributed by atoms with Gasteiger partial charge in [0.1, 0.15) is 18.0 Å². The molecule has 6 nitrogen and oxygen atoms in total. The molecule has 1 aliphatic carbocycles. The van der Waals surface area contributed by atoms with Crippen LogP contribution in [-0.2, 0) is 4.74 Å². The number of nitro groups is 1. The minimum Gasteiger partial charge on any atom is -0.487 e. The van der Waals surface area contributed by atoms with Crippen LogP contribution < -0.4 is 10.1 Å². The number of nitrogens with one attached hydrogen (secondary N) is 1. The fourth-order valence-electron chi connectivity index (χ4n) is 2.19. The van der Waals surface area contributed by atoms with Crippen molar-refractivity contribution in [2.75, 3.05) is 14.2 Å². The molecule has 3 unspecified atom stereocenters. The fourth-order valence-corrected chi connectivity index (χ4v) is 2.65. The van der Waals surface area contributed by atoms with Crippen LogP contribution in [0.15, 0.2) is 22.7 Å². The van der Waals surface area contributed by atoms with Crippen LogP contribution in [0.5, 0.6) is 5.75 Å². The van der Waals surface area contributed by atoms with Crippen LogP contribution in [0.3, 0.4) is 0 Å². The molecule has 0 aromatic heterocycles. The van der Waals surface area contributed by atoms with Gasteiger partial charge < -0.3 is 14.8 Å². The Hall–Kier alpha value is -1.18. The summed E-state index contributed by atoms with van der Waals surface area (Å²) in [6.07, 6.45) is 0.689. The van der Waals surface area contributed by atoms with Crippen LogP contribution in [0.25, 0.3) is 0 Å². The SMILES string of the molecule is CNC1CC(Oc2cc(Br)cc([N+](=O)[O-])c2)C1OC. The predicted octanol–water partition coefficient (Wildman–Crippen LogP) is 2.11. The van der Waals surface area contributed by atoms with E-state index < -0.39 is 4.92 Å². The maximum atomic E-state index is 10.8. The third-order valence-electron chi connectivity index (χ3n) is 3.25. The maximum Gasteiger partial charge on any atom is 0.274 e. The number of non-ortho nitro benzene ring substituents is 1. The average Bonchev–Trinajstić information content (AvgIpc) is 2.33. The number of ether oxygens (including phenoxy) is 2. The van der Waals surface area contributed by atoms with E-state index in [0.29, 0.717) is 10.2 Å². The smallest absolute Gasteiger partial charge is 0.274 e. The summed E-state index contributed by atoms with van der Waals surface area (Å²) in [5.41, 5.74) is 0.00262. The summed E-state index contributed by atoms with van der Waals surface area (Å²) in [6.45, 7) is 0. The zero-order valence-electron chi connectivity index (χ0n) is 10.6. The Morgan fingerprint density at radius 2 is 2.21 bits per heavy atom. The highest BCUT2D eigenvalue weighted by atomic mass is 79.9. The number of benzene rings is 1. The first kappa shape index (κ1) is 14.2.